The molecule has 2 aliphatic heterocycles. The molecule has 3 fully saturated rings. The molecule has 1 saturated carbocycles. The monoisotopic (exact) mass is 390 g/mol. The highest BCUT2D eigenvalue weighted by Gasteiger charge is 2.32. The highest BCUT2D eigenvalue weighted by molar-refractivity contribution is 5.02. The number of aromatic nitrogens is 3. The Balaban J connectivity index is 1.31. The molecule has 1 N–H and O–H groups in total. The van der Waals surface area contributed by atoms with Crippen LogP contribution in [0.1, 0.15) is 89.6 Å². The van der Waals surface area contributed by atoms with E-state index in [1.807, 2.05) is 11.0 Å². The summed E-state index contributed by atoms with van der Waals surface area (Å²) >= 11 is 0. The largest absolute Gasteiger partial charge is 0.377 e. The van der Waals surface area contributed by atoms with Gasteiger partial charge in [-0.2, -0.15) is 5.10 Å². The highest BCUT2D eigenvalue weighted by Crippen LogP contribution is 2.32. The van der Waals surface area contributed by atoms with Gasteiger partial charge in [-0.25, -0.2) is 9.67 Å². The van der Waals surface area contributed by atoms with Gasteiger partial charge in [-0.15, -0.1) is 0 Å². The van der Waals surface area contributed by atoms with Crippen LogP contribution < -0.4 is 5.32 Å². The molecule has 1 aliphatic carbocycles. The summed E-state index contributed by atoms with van der Waals surface area (Å²) in [6.45, 7) is 7.38. The minimum atomic E-state index is 0.0670. The first kappa shape index (κ1) is 20.3. The molecule has 3 unspecified atom stereocenters. The lowest BCUT2D eigenvalue weighted by Gasteiger charge is -2.34. The van der Waals surface area contributed by atoms with Gasteiger partial charge in [0.2, 0.25) is 0 Å². The third kappa shape index (κ3) is 4.95. The third-order valence-electron chi connectivity index (χ3n) is 7.07. The molecule has 6 heteroatoms. The van der Waals surface area contributed by atoms with Crippen LogP contribution in [-0.2, 0) is 9.47 Å². The molecular weight excluding hydrogens is 352 g/mol. The maximum atomic E-state index is 6.38. The Labute approximate surface area is 169 Å². The van der Waals surface area contributed by atoms with E-state index in [1.54, 1.807) is 0 Å². The molecule has 1 aromatic rings. The molecule has 158 valence electrons. The van der Waals surface area contributed by atoms with Crippen molar-refractivity contribution in [3.8, 4) is 0 Å². The molecular formula is C22H38N4O2. The van der Waals surface area contributed by atoms with Gasteiger partial charge in [-0.05, 0) is 76.2 Å². The number of hydrogen-bond donors (Lipinski definition) is 1. The Morgan fingerprint density at radius 2 is 2.00 bits per heavy atom. The van der Waals surface area contributed by atoms with Crippen LogP contribution in [0.2, 0.25) is 0 Å². The van der Waals surface area contributed by atoms with Gasteiger partial charge in [0.25, 0.3) is 0 Å². The highest BCUT2D eigenvalue weighted by atomic mass is 16.5. The number of piperidine rings is 1. The van der Waals surface area contributed by atoms with Crippen molar-refractivity contribution in [3.63, 3.8) is 0 Å². The van der Waals surface area contributed by atoms with E-state index in [9.17, 15) is 0 Å². The molecule has 0 aromatic carbocycles. The SMILES string of the molecule is CC(C)[C@H]1CC[C@@H](OCC2NCCCC2c2ncn(C3CCCCO3)n2)CC1. The van der Waals surface area contributed by atoms with Crippen molar-refractivity contribution in [1.29, 1.82) is 0 Å². The lowest BCUT2D eigenvalue weighted by molar-refractivity contribution is -0.0400. The van der Waals surface area contributed by atoms with Gasteiger partial charge in [0.05, 0.1) is 12.7 Å². The first-order valence-corrected chi connectivity index (χ1v) is 11.6. The summed E-state index contributed by atoms with van der Waals surface area (Å²) in [5.74, 6) is 2.99. The van der Waals surface area contributed by atoms with Crippen LogP contribution in [0.5, 0.6) is 0 Å². The third-order valence-corrected chi connectivity index (χ3v) is 7.07. The summed E-state index contributed by atoms with van der Waals surface area (Å²) in [6.07, 6.45) is 13.1. The van der Waals surface area contributed by atoms with E-state index in [4.69, 9.17) is 14.6 Å². The Hall–Kier alpha value is -0.980. The maximum absolute atomic E-state index is 6.38. The summed E-state index contributed by atoms with van der Waals surface area (Å²) in [7, 11) is 0. The quantitative estimate of drug-likeness (QED) is 0.794. The van der Waals surface area contributed by atoms with E-state index in [2.05, 4.69) is 24.1 Å². The first-order chi connectivity index (χ1) is 13.7. The first-order valence-electron chi connectivity index (χ1n) is 11.6. The number of hydrogen-bond acceptors (Lipinski definition) is 5. The summed E-state index contributed by atoms with van der Waals surface area (Å²) in [5.41, 5.74) is 0. The molecule has 0 spiro atoms. The molecule has 4 rings (SSSR count). The van der Waals surface area contributed by atoms with Gasteiger partial charge in [0, 0.05) is 18.6 Å². The van der Waals surface area contributed by atoms with E-state index in [1.165, 1.54) is 38.5 Å². The average Bonchev–Trinajstić information content (AvgIpc) is 3.23. The van der Waals surface area contributed by atoms with Crippen LogP contribution in [0.3, 0.4) is 0 Å². The minimum absolute atomic E-state index is 0.0670. The van der Waals surface area contributed by atoms with Crippen molar-refractivity contribution in [2.24, 2.45) is 11.8 Å². The van der Waals surface area contributed by atoms with E-state index in [-0.39, 0.29) is 6.23 Å². The van der Waals surface area contributed by atoms with Crippen molar-refractivity contribution in [1.82, 2.24) is 20.1 Å². The lowest BCUT2D eigenvalue weighted by Crippen LogP contribution is -2.44. The van der Waals surface area contributed by atoms with Gasteiger partial charge in [-0.1, -0.05) is 13.8 Å². The predicted molar refractivity (Wildman–Crippen MR) is 109 cm³/mol. The molecule has 1 aromatic heterocycles. The molecule has 0 radical (unpaired) electrons. The van der Waals surface area contributed by atoms with Crippen LogP contribution in [0, 0.1) is 11.8 Å². The second-order valence-corrected chi connectivity index (χ2v) is 9.33. The zero-order valence-corrected chi connectivity index (χ0v) is 17.7. The number of nitrogens with one attached hydrogen (secondary N) is 1. The van der Waals surface area contributed by atoms with Crippen LogP contribution in [0.4, 0.5) is 0 Å². The Morgan fingerprint density at radius 3 is 2.75 bits per heavy atom. The Kier molecular flexibility index (Phi) is 7.02. The van der Waals surface area contributed by atoms with Crippen LogP contribution in [0.25, 0.3) is 0 Å². The van der Waals surface area contributed by atoms with Crippen molar-refractivity contribution in [2.45, 2.75) is 95.9 Å². The number of nitrogens with zero attached hydrogens (tertiary/aromatic N) is 3. The lowest BCUT2D eigenvalue weighted by atomic mass is 9.80. The van der Waals surface area contributed by atoms with Gasteiger partial charge < -0.3 is 14.8 Å². The van der Waals surface area contributed by atoms with Crippen molar-refractivity contribution in [3.05, 3.63) is 12.2 Å². The number of ether oxygens (including phenoxy) is 2. The van der Waals surface area contributed by atoms with Crippen molar-refractivity contribution < 1.29 is 9.47 Å². The Morgan fingerprint density at radius 1 is 1.14 bits per heavy atom. The zero-order chi connectivity index (χ0) is 19.3. The molecule has 28 heavy (non-hydrogen) atoms. The van der Waals surface area contributed by atoms with Gasteiger partial charge in [0.1, 0.15) is 6.33 Å². The topological polar surface area (TPSA) is 61.2 Å². The average molecular weight is 391 g/mol. The maximum Gasteiger partial charge on any atom is 0.155 e. The van der Waals surface area contributed by atoms with Crippen LogP contribution in [-0.4, -0.2) is 46.7 Å². The summed E-state index contributed by atoms with van der Waals surface area (Å²) in [6, 6.07) is 0.319. The normalized spacial score (nSPS) is 34.6. The van der Waals surface area contributed by atoms with Crippen molar-refractivity contribution in [2.75, 3.05) is 19.8 Å². The molecule has 3 aliphatic rings. The molecule has 3 atom stereocenters. The fraction of sp³-hybridized carbons (Fsp3) is 0.909. The second-order valence-electron chi connectivity index (χ2n) is 9.33. The van der Waals surface area contributed by atoms with Crippen LogP contribution in [0.15, 0.2) is 6.33 Å². The van der Waals surface area contributed by atoms with E-state index in [0.29, 0.717) is 18.1 Å². The molecule has 0 amide bonds. The molecule has 0 bridgehead atoms. The summed E-state index contributed by atoms with van der Waals surface area (Å²) in [4.78, 5) is 4.67. The van der Waals surface area contributed by atoms with E-state index < -0.39 is 0 Å². The van der Waals surface area contributed by atoms with E-state index in [0.717, 1.165) is 56.7 Å². The van der Waals surface area contributed by atoms with Crippen LogP contribution >= 0.6 is 0 Å². The van der Waals surface area contributed by atoms with Gasteiger partial charge in [0.15, 0.2) is 12.1 Å². The molecule has 6 nitrogen and oxygen atoms in total. The smallest absolute Gasteiger partial charge is 0.155 e. The van der Waals surface area contributed by atoms with Gasteiger partial charge in [-0.3, -0.25) is 0 Å². The summed E-state index contributed by atoms with van der Waals surface area (Å²) < 4.78 is 14.2. The van der Waals surface area contributed by atoms with Gasteiger partial charge >= 0.3 is 0 Å². The zero-order valence-electron chi connectivity index (χ0n) is 17.7. The minimum Gasteiger partial charge on any atom is -0.377 e. The summed E-state index contributed by atoms with van der Waals surface area (Å²) in [5, 5.41) is 8.49. The van der Waals surface area contributed by atoms with Crippen molar-refractivity contribution >= 4 is 0 Å². The molecule has 3 heterocycles. The predicted octanol–water partition coefficient (Wildman–Crippen LogP) is 4.04. The fourth-order valence-electron chi connectivity index (χ4n) is 5.13. The van der Waals surface area contributed by atoms with E-state index >= 15 is 0 Å². The number of rotatable bonds is 6. The second kappa shape index (κ2) is 9.68. The fourth-order valence-corrected chi connectivity index (χ4v) is 5.13. The Bertz CT molecular complexity index is 591. The molecule has 2 saturated heterocycles. The standard InChI is InChI=1S/C22H38N4O2/c1-16(2)17-8-10-18(11-9-17)28-14-20-19(6-5-12-23-20)22-24-15-26(25-22)21-7-3-4-13-27-21/h15-21,23H,3-14H2,1-2H3/t17-,18+,19?,20?,21?.